The van der Waals surface area contributed by atoms with Gasteiger partial charge in [0.1, 0.15) is 21.5 Å². The maximum Gasteiger partial charge on any atom is 0.332 e. The quantitative estimate of drug-likeness (QED) is 0.457. The van der Waals surface area contributed by atoms with Gasteiger partial charge >= 0.3 is 5.69 Å². The molecule has 0 fully saturated rings. The predicted octanol–water partition coefficient (Wildman–Crippen LogP) is 2.34. The molecule has 0 bridgehead atoms. The van der Waals surface area contributed by atoms with Crippen LogP contribution in [-0.2, 0) is 18.4 Å². The van der Waals surface area contributed by atoms with Crippen molar-refractivity contribution in [3.63, 3.8) is 0 Å². The second-order valence-electron chi connectivity index (χ2n) is 7.35. The van der Waals surface area contributed by atoms with Gasteiger partial charge in [-0.1, -0.05) is 62.9 Å². The van der Waals surface area contributed by atoms with Crippen molar-refractivity contribution in [2.75, 3.05) is 0 Å². The number of aryl methyl sites for hydroxylation is 1. The summed E-state index contributed by atoms with van der Waals surface area (Å²) >= 11 is 1.11. The lowest BCUT2D eigenvalue weighted by Crippen LogP contribution is -2.39. The highest BCUT2D eigenvalue weighted by Crippen LogP contribution is 2.36. The van der Waals surface area contributed by atoms with Gasteiger partial charge in [0.05, 0.1) is 0 Å². The fourth-order valence-electron chi connectivity index (χ4n) is 3.15. The Labute approximate surface area is 178 Å². The Morgan fingerprint density at radius 1 is 1.17 bits per heavy atom. The van der Waals surface area contributed by atoms with Gasteiger partial charge in [-0.25, -0.2) is 14.8 Å². The summed E-state index contributed by atoms with van der Waals surface area (Å²) in [5.41, 5.74) is 5.78. The topological polar surface area (TPSA) is 113 Å². The Bertz CT molecular complexity index is 1200. The first-order valence-corrected chi connectivity index (χ1v) is 10.7. The van der Waals surface area contributed by atoms with E-state index in [0.717, 1.165) is 16.3 Å². The molecule has 2 heterocycles. The summed E-state index contributed by atoms with van der Waals surface area (Å²) in [7, 11) is 1.43. The molecule has 0 aliphatic heterocycles. The molecule has 0 radical (unpaired) electrons. The van der Waals surface area contributed by atoms with Crippen LogP contribution >= 0.6 is 11.8 Å². The molecule has 158 valence electrons. The largest absolute Gasteiger partial charge is 0.368 e. The Kier molecular flexibility index (Phi) is 6.40. The van der Waals surface area contributed by atoms with Gasteiger partial charge in [0.25, 0.3) is 5.56 Å². The van der Waals surface area contributed by atoms with Crippen LogP contribution in [0.3, 0.4) is 0 Å². The maximum atomic E-state index is 13.0. The second-order valence-corrected chi connectivity index (χ2v) is 8.44. The molecule has 9 heteroatoms. The number of benzene rings is 1. The SMILES string of the molecule is CCCn1c(=O)n(C)c(=O)c2c(SC(C(N)=O)c3ccccc3)nc(C(C)C)nc21. The Balaban J connectivity index is 2.34. The minimum atomic E-state index is -0.736. The molecule has 0 saturated heterocycles. The fourth-order valence-corrected chi connectivity index (χ4v) is 4.23. The van der Waals surface area contributed by atoms with Gasteiger partial charge in [-0.3, -0.25) is 18.7 Å². The molecule has 2 aromatic heterocycles. The number of thioether (sulfide) groups is 1. The Morgan fingerprint density at radius 3 is 2.40 bits per heavy atom. The lowest BCUT2D eigenvalue weighted by molar-refractivity contribution is -0.117. The fraction of sp³-hybridized carbons (Fsp3) is 0.381. The van der Waals surface area contributed by atoms with Crippen molar-refractivity contribution < 1.29 is 4.79 Å². The zero-order chi connectivity index (χ0) is 22.0. The zero-order valence-electron chi connectivity index (χ0n) is 17.5. The highest BCUT2D eigenvalue weighted by atomic mass is 32.2. The van der Waals surface area contributed by atoms with Crippen LogP contribution in [-0.4, -0.2) is 25.0 Å². The van der Waals surface area contributed by atoms with Crippen molar-refractivity contribution >= 4 is 28.7 Å². The average Bonchev–Trinajstić information content (AvgIpc) is 2.73. The monoisotopic (exact) mass is 427 g/mol. The third-order valence-corrected chi connectivity index (χ3v) is 5.98. The van der Waals surface area contributed by atoms with Crippen LogP contribution in [0.1, 0.15) is 49.7 Å². The summed E-state index contributed by atoms with van der Waals surface area (Å²) in [6.07, 6.45) is 0.699. The number of hydrogen-bond donors (Lipinski definition) is 1. The van der Waals surface area contributed by atoms with E-state index < -0.39 is 22.4 Å². The van der Waals surface area contributed by atoms with Crippen molar-refractivity contribution in [1.29, 1.82) is 0 Å². The van der Waals surface area contributed by atoms with Crippen LogP contribution in [0.15, 0.2) is 44.9 Å². The Morgan fingerprint density at radius 2 is 1.83 bits per heavy atom. The molecule has 0 aliphatic carbocycles. The first-order valence-electron chi connectivity index (χ1n) is 9.78. The third-order valence-electron chi connectivity index (χ3n) is 4.72. The first kappa shape index (κ1) is 21.8. The molecule has 1 amide bonds. The predicted molar refractivity (Wildman–Crippen MR) is 118 cm³/mol. The van der Waals surface area contributed by atoms with Gasteiger partial charge in [0, 0.05) is 19.5 Å². The van der Waals surface area contributed by atoms with E-state index in [1.807, 2.05) is 39.0 Å². The summed E-state index contributed by atoms with van der Waals surface area (Å²) in [4.78, 5) is 47.2. The number of carbonyl (C=O) groups is 1. The van der Waals surface area contributed by atoms with E-state index in [0.29, 0.717) is 35.0 Å². The van der Waals surface area contributed by atoms with Gasteiger partial charge in [-0.2, -0.15) is 0 Å². The number of nitrogens with zero attached hydrogens (tertiary/aromatic N) is 4. The van der Waals surface area contributed by atoms with E-state index in [-0.39, 0.29) is 11.3 Å². The van der Waals surface area contributed by atoms with E-state index in [4.69, 9.17) is 5.73 Å². The van der Waals surface area contributed by atoms with Crippen LogP contribution in [0.25, 0.3) is 11.0 Å². The molecule has 1 aromatic carbocycles. The van der Waals surface area contributed by atoms with Gasteiger partial charge in [0.15, 0.2) is 5.65 Å². The summed E-state index contributed by atoms with van der Waals surface area (Å²) in [6.45, 7) is 6.23. The van der Waals surface area contributed by atoms with E-state index >= 15 is 0 Å². The van der Waals surface area contributed by atoms with Crippen LogP contribution in [0.5, 0.6) is 0 Å². The molecule has 0 spiro atoms. The number of rotatable bonds is 7. The minimum absolute atomic E-state index is 0.0354. The van der Waals surface area contributed by atoms with Gasteiger partial charge < -0.3 is 5.73 Å². The molecule has 0 saturated carbocycles. The summed E-state index contributed by atoms with van der Waals surface area (Å²) in [6, 6.07) is 9.10. The molecule has 3 aromatic rings. The van der Waals surface area contributed by atoms with Crippen molar-refractivity contribution in [2.24, 2.45) is 12.8 Å². The van der Waals surface area contributed by atoms with Crippen LogP contribution in [0.2, 0.25) is 0 Å². The number of carbonyl (C=O) groups excluding carboxylic acids is 1. The van der Waals surface area contributed by atoms with Crippen molar-refractivity contribution in [2.45, 2.75) is 49.9 Å². The van der Waals surface area contributed by atoms with E-state index in [9.17, 15) is 14.4 Å². The normalized spacial score (nSPS) is 12.4. The Hall–Kier alpha value is -2.94. The first-order chi connectivity index (χ1) is 14.3. The van der Waals surface area contributed by atoms with Crippen LogP contribution < -0.4 is 17.0 Å². The number of hydrogen-bond acceptors (Lipinski definition) is 6. The van der Waals surface area contributed by atoms with E-state index in [1.165, 1.54) is 11.6 Å². The standard InChI is InChI=1S/C21H25N5O3S/c1-5-11-26-18-14(20(28)25(4)21(26)29)19(24-17(23-18)12(2)3)30-15(16(22)27)13-9-7-6-8-10-13/h6-10,12,15H,5,11H2,1-4H3,(H2,22,27). The van der Waals surface area contributed by atoms with Gasteiger partial charge in [-0.15, -0.1) is 0 Å². The molecule has 3 rings (SSSR count). The summed E-state index contributed by atoms with van der Waals surface area (Å²) < 4.78 is 2.55. The van der Waals surface area contributed by atoms with Gasteiger partial charge in [0.2, 0.25) is 5.91 Å². The lowest BCUT2D eigenvalue weighted by Gasteiger charge is -2.17. The second kappa shape index (κ2) is 8.83. The number of amides is 1. The van der Waals surface area contributed by atoms with Crippen LogP contribution in [0.4, 0.5) is 0 Å². The number of fused-ring (bicyclic) bond motifs is 1. The molecule has 1 atom stereocenters. The highest BCUT2D eigenvalue weighted by Gasteiger charge is 2.25. The highest BCUT2D eigenvalue weighted by molar-refractivity contribution is 8.00. The number of aromatic nitrogens is 4. The van der Waals surface area contributed by atoms with Crippen molar-refractivity contribution in [1.82, 2.24) is 19.1 Å². The summed E-state index contributed by atoms with van der Waals surface area (Å²) in [5, 5.41) is -0.162. The minimum Gasteiger partial charge on any atom is -0.368 e. The number of primary amides is 1. The molecule has 8 nitrogen and oxygen atoms in total. The van der Waals surface area contributed by atoms with Crippen molar-refractivity contribution in [3.05, 3.63) is 62.6 Å². The van der Waals surface area contributed by atoms with E-state index in [2.05, 4.69) is 9.97 Å². The molecular formula is C21H25N5O3S. The average molecular weight is 428 g/mol. The number of nitrogens with two attached hydrogens (primary N) is 1. The smallest absolute Gasteiger partial charge is 0.332 e. The van der Waals surface area contributed by atoms with E-state index in [1.54, 1.807) is 12.1 Å². The van der Waals surface area contributed by atoms with Gasteiger partial charge in [-0.05, 0) is 12.0 Å². The molecular weight excluding hydrogens is 402 g/mol. The zero-order valence-corrected chi connectivity index (χ0v) is 18.3. The molecule has 30 heavy (non-hydrogen) atoms. The maximum absolute atomic E-state index is 13.0. The van der Waals surface area contributed by atoms with Crippen molar-refractivity contribution in [3.8, 4) is 0 Å². The third kappa shape index (κ3) is 4.02. The summed E-state index contributed by atoms with van der Waals surface area (Å²) in [5.74, 6) is -0.0757. The molecule has 0 aliphatic rings. The lowest BCUT2D eigenvalue weighted by atomic mass is 10.1. The molecule has 2 N–H and O–H groups in total. The van der Waals surface area contributed by atoms with Crippen LogP contribution in [0, 0.1) is 0 Å². The molecule has 1 unspecified atom stereocenters.